The summed E-state index contributed by atoms with van der Waals surface area (Å²) >= 11 is 1.34. The van der Waals surface area contributed by atoms with Crippen LogP contribution >= 0.6 is 11.3 Å². The molecule has 9 nitrogen and oxygen atoms in total. The smallest absolute Gasteiger partial charge is 0.257 e. The summed E-state index contributed by atoms with van der Waals surface area (Å²) in [4.78, 5) is 43.7. The van der Waals surface area contributed by atoms with Gasteiger partial charge in [-0.25, -0.2) is 4.98 Å². The molecule has 176 valence electrons. The Hall–Kier alpha value is -3.92. The Morgan fingerprint density at radius 2 is 1.91 bits per heavy atom. The van der Waals surface area contributed by atoms with E-state index >= 15 is 0 Å². The van der Waals surface area contributed by atoms with Crippen LogP contribution in [0.2, 0.25) is 0 Å². The van der Waals surface area contributed by atoms with Gasteiger partial charge in [0.15, 0.2) is 5.13 Å². The zero-order valence-corrected chi connectivity index (χ0v) is 19.6. The van der Waals surface area contributed by atoms with Crippen LogP contribution in [0.1, 0.15) is 28.9 Å². The van der Waals surface area contributed by atoms with Gasteiger partial charge in [-0.1, -0.05) is 12.1 Å². The highest BCUT2D eigenvalue weighted by Gasteiger charge is 2.24. The molecule has 2 aromatic carbocycles. The number of carbonyl (C=O) groups excluding carboxylic acids is 3. The molecule has 2 N–H and O–H groups in total. The number of nitrogens with zero attached hydrogens (tertiary/aromatic N) is 2. The van der Waals surface area contributed by atoms with Crippen LogP contribution in [-0.2, 0) is 16.0 Å². The average Bonchev–Trinajstić information content (AvgIpc) is 3.47. The van der Waals surface area contributed by atoms with Gasteiger partial charge in [0.1, 0.15) is 11.5 Å². The largest absolute Gasteiger partial charge is 0.497 e. The minimum Gasteiger partial charge on any atom is -0.497 e. The number of hydrogen-bond donors (Lipinski definition) is 2. The lowest BCUT2D eigenvalue weighted by molar-refractivity contribution is -0.117. The Balaban J connectivity index is 1.44. The van der Waals surface area contributed by atoms with Gasteiger partial charge in [-0.15, -0.1) is 11.3 Å². The van der Waals surface area contributed by atoms with Crippen LogP contribution in [0, 0.1) is 0 Å². The normalized spacial score (nSPS) is 13.0. The summed E-state index contributed by atoms with van der Waals surface area (Å²) in [5, 5.41) is 7.99. The molecule has 10 heteroatoms. The van der Waals surface area contributed by atoms with Crippen LogP contribution in [0.15, 0.2) is 47.8 Å². The van der Waals surface area contributed by atoms with Crippen molar-refractivity contribution in [1.29, 1.82) is 0 Å². The molecule has 1 saturated heterocycles. The topological polar surface area (TPSA) is 110 Å². The number of aromatic nitrogens is 1. The molecule has 2 heterocycles. The van der Waals surface area contributed by atoms with E-state index in [1.807, 2.05) is 0 Å². The number of rotatable bonds is 8. The lowest BCUT2D eigenvalue weighted by Crippen LogP contribution is -2.23. The number of nitrogens with one attached hydrogen (secondary N) is 2. The fraction of sp³-hybridized carbons (Fsp3) is 0.250. The average molecular weight is 481 g/mol. The molecule has 0 atom stereocenters. The van der Waals surface area contributed by atoms with E-state index in [-0.39, 0.29) is 18.2 Å². The summed E-state index contributed by atoms with van der Waals surface area (Å²) in [6.07, 6.45) is 1.37. The molecule has 1 aromatic heterocycles. The minimum absolute atomic E-state index is 0.0286. The molecule has 4 rings (SSSR count). The van der Waals surface area contributed by atoms with Crippen molar-refractivity contribution in [3.05, 3.63) is 59.1 Å². The molecule has 1 fully saturated rings. The third-order valence-corrected chi connectivity index (χ3v) is 6.20. The zero-order chi connectivity index (χ0) is 24.1. The number of hydrogen-bond acceptors (Lipinski definition) is 7. The second-order valence-corrected chi connectivity index (χ2v) is 8.40. The van der Waals surface area contributed by atoms with Gasteiger partial charge in [-0.3, -0.25) is 19.3 Å². The molecule has 1 aliphatic rings. The van der Waals surface area contributed by atoms with Crippen molar-refractivity contribution in [1.82, 2.24) is 4.98 Å². The Morgan fingerprint density at radius 1 is 1.09 bits per heavy atom. The molecule has 3 aromatic rings. The van der Waals surface area contributed by atoms with Gasteiger partial charge in [0.2, 0.25) is 11.8 Å². The van der Waals surface area contributed by atoms with Gasteiger partial charge >= 0.3 is 0 Å². The molecule has 0 spiro atoms. The van der Waals surface area contributed by atoms with Crippen molar-refractivity contribution in [2.45, 2.75) is 19.3 Å². The van der Waals surface area contributed by atoms with Gasteiger partial charge in [-0.05, 0) is 30.7 Å². The molecule has 1 aliphatic heterocycles. The number of anilines is 3. The van der Waals surface area contributed by atoms with Crippen LogP contribution in [-0.4, -0.2) is 43.5 Å². The van der Waals surface area contributed by atoms with Crippen LogP contribution in [0.5, 0.6) is 11.5 Å². The van der Waals surface area contributed by atoms with Gasteiger partial charge in [0.05, 0.1) is 43.3 Å². The Morgan fingerprint density at radius 3 is 2.65 bits per heavy atom. The second kappa shape index (κ2) is 10.3. The fourth-order valence-electron chi connectivity index (χ4n) is 3.59. The number of methoxy groups -OCH3 is 2. The van der Waals surface area contributed by atoms with Crippen molar-refractivity contribution in [2.75, 3.05) is 36.3 Å². The van der Waals surface area contributed by atoms with Gasteiger partial charge in [-0.2, -0.15) is 0 Å². The summed E-state index contributed by atoms with van der Waals surface area (Å²) in [5.74, 6) is 0.389. The maximum atomic E-state index is 13.0. The molecule has 0 bridgehead atoms. The van der Waals surface area contributed by atoms with Crippen molar-refractivity contribution in [3.63, 3.8) is 0 Å². The first kappa shape index (κ1) is 23.2. The monoisotopic (exact) mass is 480 g/mol. The van der Waals surface area contributed by atoms with Crippen molar-refractivity contribution >= 4 is 45.6 Å². The maximum absolute atomic E-state index is 13.0. The van der Waals surface area contributed by atoms with E-state index < -0.39 is 5.91 Å². The van der Waals surface area contributed by atoms with Crippen LogP contribution < -0.4 is 25.0 Å². The SMILES string of the molecule is COc1ccc(NC(=O)c2ccccc2NC(=O)Cc2csc(N3CCCC3=O)n2)c(OC)c1. The number of amides is 3. The molecule has 0 unspecified atom stereocenters. The first-order chi connectivity index (χ1) is 16.5. The van der Waals surface area contributed by atoms with Crippen molar-refractivity contribution < 1.29 is 23.9 Å². The van der Waals surface area contributed by atoms with Crippen molar-refractivity contribution in [3.8, 4) is 11.5 Å². The summed E-state index contributed by atoms with van der Waals surface area (Å²) in [6.45, 7) is 0.652. The van der Waals surface area contributed by atoms with Crippen LogP contribution in [0.4, 0.5) is 16.5 Å². The molecular formula is C24H24N4O5S. The Kier molecular flexibility index (Phi) is 7.07. The molecule has 0 radical (unpaired) electrons. The maximum Gasteiger partial charge on any atom is 0.257 e. The van der Waals surface area contributed by atoms with E-state index in [2.05, 4.69) is 15.6 Å². The van der Waals surface area contributed by atoms with Crippen LogP contribution in [0.3, 0.4) is 0 Å². The van der Waals surface area contributed by atoms with E-state index in [1.165, 1.54) is 18.4 Å². The van der Waals surface area contributed by atoms with Crippen molar-refractivity contribution in [2.24, 2.45) is 0 Å². The molecule has 3 amide bonds. The molecule has 34 heavy (non-hydrogen) atoms. The Bertz CT molecular complexity index is 1230. The third kappa shape index (κ3) is 5.18. The number of benzene rings is 2. The van der Waals surface area contributed by atoms with E-state index in [1.54, 1.807) is 59.9 Å². The van der Waals surface area contributed by atoms with E-state index in [0.29, 0.717) is 52.2 Å². The number of carbonyl (C=O) groups is 3. The standard InChI is InChI=1S/C24H24N4O5S/c1-32-16-9-10-19(20(13-16)33-2)27-23(31)17-6-3-4-7-18(17)26-21(29)12-15-14-34-24(25-15)28-11-5-8-22(28)30/h3-4,6-7,9-10,13-14H,5,8,11-12H2,1-2H3,(H,26,29)(H,27,31). The number of para-hydroxylation sites is 1. The van der Waals surface area contributed by atoms with Gasteiger partial charge in [0, 0.05) is 24.4 Å². The highest BCUT2D eigenvalue weighted by Crippen LogP contribution is 2.30. The minimum atomic E-state index is -0.400. The summed E-state index contributed by atoms with van der Waals surface area (Å²) in [6, 6.07) is 11.8. The molecular weight excluding hydrogens is 456 g/mol. The van der Waals surface area contributed by atoms with E-state index in [0.717, 1.165) is 6.42 Å². The quantitative estimate of drug-likeness (QED) is 0.509. The van der Waals surface area contributed by atoms with E-state index in [4.69, 9.17) is 9.47 Å². The first-order valence-electron chi connectivity index (χ1n) is 10.7. The highest BCUT2D eigenvalue weighted by atomic mass is 32.1. The second-order valence-electron chi connectivity index (χ2n) is 7.56. The highest BCUT2D eigenvalue weighted by molar-refractivity contribution is 7.14. The number of thiazole rings is 1. The lowest BCUT2D eigenvalue weighted by Gasteiger charge is -2.14. The lowest BCUT2D eigenvalue weighted by atomic mass is 10.1. The summed E-state index contributed by atoms with van der Waals surface area (Å²) in [5.41, 5.74) is 1.72. The molecule has 0 saturated carbocycles. The predicted molar refractivity (Wildman–Crippen MR) is 130 cm³/mol. The van der Waals surface area contributed by atoms with E-state index in [9.17, 15) is 14.4 Å². The summed E-state index contributed by atoms with van der Waals surface area (Å²) in [7, 11) is 3.05. The predicted octanol–water partition coefficient (Wildman–Crippen LogP) is 3.72. The number of ether oxygens (including phenoxy) is 2. The zero-order valence-electron chi connectivity index (χ0n) is 18.8. The summed E-state index contributed by atoms with van der Waals surface area (Å²) < 4.78 is 10.5. The van der Waals surface area contributed by atoms with Crippen LogP contribution in [0.25, 0.3) is 0 Å². The van der Waals surface area contributed by atoms with Gasteiger partial charge < -0.3 is 20.1 Å². The molecule has 0 aliphatic carbocycles. The first-order valence-corrected chi connectivity index (χ1v) is 11.5. The van der Waals surface area contributed by atoms with Gasteiger partial charge in [0.25, 0.3) is 5.91 Å². The fourth-order valence-corrected chi connectivity index (χ4v) is 4.46. The third-order valence-electron chi connectivity index (χ3n) is 5.29. The Labute approximate surface area is 200 Å².